The summed E-state index contributed by atoms with van der Waals surface area (Å²) in [6.07, 6.45) is 2.45. The summed E-state index contributed by atoms with van der Waals surface area (Å²) in [6.45, 7) is 7.13. The van der Waals surface area contributed by atoms with Gasteiger partial charge in [-0.25, -0.2) is 4.79 Å². The molecule has 108 valence electrons. The first-order chi connectivity index (χ1) is 9.11. The first-order valence-corrected chi connectivity index (χ1v) is 7.18. The molecular formula is C13H24N4O2. The fourth-order valence-electron chi connectivity index (χ4n) is 2.98. The van der Waals surface area contributed by atoms with Crippen LogP contribution in [0.3, 0.4) is 0 Å². The van der Waals surface area contributed by atoms with E-state index >= 15 is 0 Å². The number of carbonyl (C=O) groups excluding carboxylic acids is 2. The number of amides is 3. The third-order valence-electron chi connectivity index (χ3n) is 4.13. The van der Waals surface area contributed by atoms with Crippen LogP contribution in [0.15, 0.2) is 0 Å². The van der Waals surface area contributed by atoms with Crippen molar-refractivity contribution in [2.24, 2.45) is 5.92 Å². The van der Waals surface area contributed by atoms with E-state index in [0.717, 1.165) is 19.6 Å². The molecule has 3 amide bonds. The number of hydrogen-bond donors (Lipinski definition) is 3. The lowest BCUT2D eigenvalue weighted by atomic mass is 9.94. The van der Waals surface area contributed by atoms with Gasteiger partial charge in [-0.2, -0.15) is 0 Å². The maximum atomic E-state index is 12.0. The average Bonchev–Trinajstić information content (AvgIpc) is 2.81. The van der Waals surface area contributed by atoms with Crippen LogP contribution in [-0.2, 0) is 4.79 Å². The maximum absolute atomic E-state index is 12.0. The van der Waals surface area contributed by atoms with Crippen LogP contribution in [0.25, 0.3) is 0 Å². The molecule has 0 aromatic rings. The van der Waals surface area contributed by atoms with E-state index < -0.39 is 6.03 Å². The number of nitrogens with zero attached hydrogens (tertiary/aromatic N) is 1. The average molecular weight is 268 g/mol. The van der Waals surface area contributed by atoms with Crippen LogP contribution in [0.4, 0.5) is 4.79 Å². The monoisotopic (exact) mass is 268 g/mol. The number of urea groups is 1. The van der Waals surface area contributed by atoms with Crippen LogP contribution in [0.1, 0.15) is 26.7 Å². The zero-order valence-corrected chi connectivity index (χ0v) is 11.7. The number of hydrogen-bond acceptors (Lipinski definition) is 4. The number of likely N-dealkylation sites (tertiary alicyclic amines) is 1. The third kappa shape index (κ3) is 3.45. The molecular weight excluding hydrogens is 244 g/mol. The molecule has 0 bridgehead atoms. The minimum absolute atomic E-state index is 0.218. The molecule has 3 atom stereocenters. The Morgan fingerprint density at radius 1 is 1.42 bits per heavy atom. The highest BCUT2D eigenvalue weighted by atomic mass is 16.2. The fourth-order valence-corrected chi connectivity index (χ4v) is 2.98. The molecule has 0 aliphatic carbocycles. The summed E-state index contributed by atoms with van der Waals surface area (Å²) in [6, 6.07) is -0.155. The highest BCUT2D eigenvalue weighted by molar-refractivity contribution is 5.96. The Kier molecular flexibility index (Phi) is 4.76. The molecule has 3 N–H and O–H groups in total. The van der Waals surface area contributed by atoms with Gasteiger partial charge in [0.05, 0.1) is 6.04 Å². The Morgan fingerprint density at radius 3 is 2.89 bits per heavy atom. The molecule has 0 saturated carbocycles. The van der Waals surface area contributed by atoms with Gasteiger partial charge in [0.2, 0.25) is 5.91 Å². The van der Waals surface area contributed by atoms with Gasteiger partial charge in [-0.05, 0) is 39.2 Å². The van der Waals surface area contributed by atoms with Crippen LogP contribution in [0.5, 0.6) is 0 Å². The van der Waals surface area contributed by atoms with E-state index in [1.165, 1.54) is 12.8 Å². The second kappa shape index (κ2) is 6.34. The molecule has 19 heavy (non-hydrogen) atoms. The predicted octanol–water partition coefficient (Wildman–Crippen LogP) is -0.0956. The van der Waals surface area contributed by atoms with Crippen molar-refractivity contribution in [1.82, 2.24) is 20.9 Å². The quantitative estimate of drug-likeness (QED) is 0.668. The molecule has 0 aromatic heterocycles. The van der Waals surface area contributed by atoms with E-state index in [1.807, 2.05) is 13.8 Å². The lowest BCUT2D eigenvalue weighted by molar-refractivity contribution is -0.124. The van der Waals surface area contributed by atoms with Crippen molar-refractivity contribution in [3.8, 4) is 0 Å². The van der Waals surface area contributed by atoms with Crippen molar-refractivity contribution >= 4 is 11.9 Å². The van der Waals surface area contributed by atoms with Crippen LogP contribution in [0.2, 0.25) is 0 Å². The summed E-state index contributed by atoms with van der Waals surface area (Å²) in [5.41, 5.74) is 0. The lowest BCUT2D eigenvalue weighted by Gasteiger charge is -2.24. The van der Waals surface area contributed by atoms with Gasteiger partial charge in [-0.15, -0.1) is 0 Å². The number of nitrogens with one attached hydrogen (secondary N) is 3. The molecule has 6 nitrogen and oxygen atoms in total. The van der Waals surface area contributed by atoms with Gasteiger partial charge in [-0.3, -0.25) is 15.0 Å². The van der Waals surface area contributed by atoms with Crippen LogP contribution in [0, 0.1) is 5.92 Å². The molecule has 2 heterocycles. The van der Waals surface area contributed by atoms with Crippen LogP contribution in [-0.4, -0.2) is 55.1 Å². The van der Waals surface area contributed by atoms with Crippen molar-refractivity contribution < 1.29 is 9.59 Å². The van der Waals surface area contributed by atoms with Crippen molar-refractivity contribution in [1.29, 1.82) is 0 Å². The summed E-state index contributed by atoms with van der Waals surface area (Å²) in [5.74, 6) is 0.429. The minimum Gasteiger partial charge on any atom is -0.338 e. The van der Waals surface area contributed by atoms with Gasteiger partial charge < -0.3 is 10.6 Å². The van der Waals surface area contributed by atoms with Crippen molar-refractivity contribution in [2.45, 2.75) is 38.8 Å². The SMILES string of the molecule is CCNC(=O)NC(=O)C(C)N1C[C@@H]2CCCN[C@@H]2C1. The van der Waals surface area contributed by atoms with Crippen molar-refractivity contribution in [3.05, 3.63) is 0 Å². The Hall–Kier alpha value is -1.14. The number of piperidine rings is 1. The Balaban J connectivity index is 1.84. The summed E-state index contributed by atoms with van der Waals surface area (Å²) in [5, 5.41) is 8.47. The number of rotatable bonds is 3. The Bertz CT molecular complexity index is 334. The summed E-state index contributed by atoms with van der Waals surface area (Å²) in [4.78, 5) is 25.5. The van der Waals surface area contributed by atoms with Crippen LogP contribution < -0.4 is 16.0 Å². The molecule has 1 unspecified atom stereocenters. The predicted molar refractivity (Wildman–Crippen MR) is 72.8 cm³/mol. The third-order valence-corrected chi connectivity index (χ3v) is 4.13. The van der Waals surface area contributed by atoms with E-state index in [1.54, 1.807) is 0 Å². The maximum Gasteiger partial charge on any atom is 0.321 e. The highest BCUT2D eigenvalue weighted by Crippen LogP contribution is 2.26. The molecule has 2 fully saturated rings. The zero-order valence-electron chi connectivity index (χ0n) is 11.7. The Morgan fingerprint density at radius 2 is 2.21 bits per heavy atom. The van der Waals surface area contributed by atoms with E-state index in [2.05, 4.69) is 20.9 Å². The number of imide groups is 1. The fraction of sp³-hybridized carbons (Fsp3) is 0.846. The molecule has 0 radical (unpaired) electrons. The topological polar surface area (TPSA) is 73.5 Å². The summed E-state index contributed by atoms with van der Waals surface area (Å²) in [7, 11) is 0. The molecule has 0 spiro atoms. The van der Waals surface area contributed by atoms with E-state index in [4.69, 9.17) is 0 Å². The van der Waals surface area contributed by atoms with Gasteiger partial charge in [0.25, 0.3) is 0 Å². The minimum atomic E-state index is -0.408. The normalized spacial score (nSPS) is 28.5. The molecule has 2 saturated heterocycles. The van der Waals surface area contributed by atoms with Crippen molar-refractivity contribution in [2.75, 3.05) is 26.2 Å². The van der Waals surface area contributed by atoms with Crippen molar-refractivity contribution in [3.63, 3.8) is 0 Å². The first kappa shape index (κ1) is 14.3. The van der Waals surface area contributed by atoms with Gasteiger partial charge in [0, 0.05) is 25.7 Å². The molecule has 2 aliphatic heterocycles. The standard InChI is InChI=1S/C13H24N4O2/c1-3-14-13(19)16-12(18)9(2)17-7-10-5-4-6-15-11(10)8-17/h9-11,15H,3-8H2,1-2H3,(H2,14,16,18,19)/t9?,10-,11+/m0/s1. The molecule has 2 aliphatic rings. The largest absolute Gasteiger partial charge is 0.338 e. The zero-order chi connectivity index (χ0) is 13.8. The lowest BCUT2D eigenvalue weighted by Crippen LogP contribution is -2.49. The van der Waals surface area contributed by atoms with Gasteiger partial charge in [-0.1, -0.05) is 0 Å². The molecule has 2 rings (SSSR count). The van der Waals surface area contributed by atoms with E-state index in [9.17, 15) is 9.59 Å². The second-order valence-corrected chi connectivity index (χ2v) is 5.44. The summed E-state index contributed by atoms with van der Waals surface area (Å²) >= 11 is 0. The first-order valence-electron chi connectivity index (χ1n) is 7.18. The molecule has 0 aromatic carbocycles. The summed E-state index contributed by atoms with van der Waals surface area (Å²) < 4.78 is 0. The van der Waals surface area contributed by atoms with E-state index in [0.29, 0.717) is 18.5 Å². The number of fused-ring (bicyclic) bond motifs is 1. The van der Waals surface area contributed by atoms with Crippen LogP contribution >= 0.6 is 0 Å². The van der Waals surface area contributed by atoms with Gasteiger partial charge in [0.1, 0.15) is 0 Å². The number of carbonyl (C=O) groups is 2. The Labute approximate surface area is 114 Å². The van der Waals surface area contributed by atoms with Gasteiger partial charge >= 0.3 is 6.03 Å². The van der Waals surface area contributed by atoms with E-state index in [-0.39, 0.29) is 11.9 Å². The van der Waals surface area contributed by atoms with Gasteiger partial charge in [0.15, 0.2) is 0 Å². The highest BCUT2D eigenvalue weighted by Gasteiger charge is 2.37. The molecule has 6 heteroatoms. The smallest absolute Gasteiger partial charge is 0.321 e. The second-order valence-electron chi connectivity index (χ2n) is 5.44.